The van der Waals surface area contributed by atoms with Gasteiger partial charge in [0.25, 0.3) is 0 Å². The standard InChI is InChI=1S/C23H32F2/c24-22-20(17-11-7-8-12-17)15-19(16-9-3-1-4-10-16)21(23(22)25)18-13-5-2-6-14-18/h15-18H,1-14H2. The van der Waals surface area contributed by atoms with Gasteiger partial charge >= 0.3 is 0 Å². The van der Waals surface area contributed by atoms with E-state index in [4.69, 9.17) is 0 Å². The van der Waals surface area contributed by atoms with Crippen LogP contribution in [-0.4, -0.2) is 0 Å². The lowest BCUT2D eigenvalue weighted by atomic mass is 9.74. The van der Waals surface area contributed by atoms with Crippen LogP contribution in [0, 0.1) is 11.6 Å². The summed E-state index contributed by atoms with van der Waals surface area (Å²) in [5.74, 6) is -0.0279. The van der Waals surface area contributed by atoms with Gasteiger partial charge in [0.1, 0.15) is 0 Å². The van der Waals surface area contributed by atoms with Crippen molar-refractivity contribution in [2.45, 2.75) is 108 Å². The monoisotopic (exact) mass is 346 g/mol. The summed E-state index contributed by atoms with van der Waals surface area (Å²) in [4.78, 5) is 0. The first-order chi connectivity index (χ1) is 12.3. The first-order valence-electron chi connectivity index (χ1n) is 10.8. The van der Waals surface area contributed by atoms with Crippen LogP contribution < -0.4 is 0 Å². The summed E-state index contributed by atoms with van der Waals surface area (Å²) in [6.45, 7) is 0. The van der Waals surface area contributed by atoms with Crippen molar-refractivity contribution in [3.63, 3.8) is 0 Å². The number of benzene rings is 1. The fourth-order valence-corrected chi connectivity index (χ4v) is 5.77. The quantitative estimate of drug-likeness (QED) is 0.525. The summed E-state index contributed by atoms with van der Waals surface area (Å²) in [7, 11) is 0. The van der Waals surface area contributed by atoms with Gasteiger partial charge in [-0.15, -0.1) is 0 Å². The van der Waals surface area contributed by atoms with E-state index < -0.39 is 11.6 Å². The van der Waals surface area contributed by atoms with Gasteiger partial charge in [-0.1, -0.05) is 57.4 Å². The van der Waals surface area contributed by atoms with E-state index >= 15 is 8.78 Å². The second-order valence-corrected chi connectivity index (χ2v) is 8.75. The molecule has 0 saturated heterocycles. The minimum absolute atomic E-state index is 0.247. The molecule has 3 aliphatic rings. The molecule has 0 atom stereocenters. The van der Waals surface area contributed by atoms with Crippen molar-refractivity contribution in [2.24, 2.45) is 0 Å². The summed E-state index contributed by atoms with van der Waals surface area (Å²) in [6.07, 6.45) is 16.2. The van der Waals surface area contributed by atoms with Gasteiger partial charge in [0.05, 0.1) is 0 Å². The van der Waals surface area contributed by atoms with E-state index in [0.29, 0.717) is 11.5 Å². The third-order valence-electron chi connectivity index (χ3n) is 7.16. The Morgan fingerprint density at radius 2 is 0.960 bits per heavy atom. The summed E-state index contributed by atoms with van der Waals surface area (Å²) in [5, 5.41) is 0. The number of halogens is 2. The Morgan fingerprint density at radius 1 is 0.520 bits per heavy atom. The van der Waals surface area contributed by atoms with Gasteiger partial charge in [0, 0.05) is 0 Å². The van der Waals surface area contributed by atoms with E-state index in [9.17, 15) is 0 Å². The smallest absolute Gasteiger partial charge is 0.162 e. The molecule has 1 aromatic carbocycles. The van der Waals surface area contributed by atoms with Crippen molar-refractivity contribution in [1.29, 1.82) is 0 Å². The highest BCUT2D eigenvalue weighted by molar-refractivity contribution is 5.41. The van der Waals surface area contributed by atoms with Crippen LogP contribution in [0.15, 0.2) is 6.07 Å². The molecule has 0 heterocycles. The van der Waals surface area contributed by atoms with Crippen molar-refractivity contribution >= 4 is 0 Å². The number of hydrogen-bond donors (Lipinski definition) is 0. The van der Waals surface area contributed by atoms with Crippen molar-refractivity contribution in [3.05, 3.63) is 34.4 Å². The molecule has 0 spiro atoms. The third kappa shape index (κ3) is 3.51. The highest BCUT2D eigenvalue weighted by atomic mass is 19.2. The van der Waals surface area contributed by atoms with E-state index in [1.165, 1.54) is 44.1 Å². The zero-order valence-electron chi connectivity index (χ0n) is 15.5. The fraction of sp³-hybridized carbons (Fsp3) is 0.739. The molecule has 1 aromatic rings. The lowest BCUT2D eigenvalue weighted by molar-refractivity contribution is 0.393. The number of hydrogen-bond acceptors (Lipinski definition) is 0. The van der Waals surface area contributed by atoms with Crippen LogP contribution in [0.1, 0.15) is 124 Å². The predicted molar refractivity (Wildman–Crippen MR) is 99.2 cm³/mol. The Balaban J connectivity index is 1.78. The van der Waals surface area contributed by atoms with E-state index in [-0.39, 0.29) is 11.8 Å². The maximum atomic E-state index is 15.3. The molecule has 2 heteroatoms. The van der Waals surface area contributed by atoms with E-state index in [0.717, 1.165) is 56.9 Å². The Kier molecular flexibility index (Phi) is 5.43. The molecule has 25 heavy (non-hydrogen) atoms. The van der Waals surface area contributed by atoms with Gasteiger partial charge in [0.2, 0.25) is 0 Å². The first-order valence-corrected chi connectivity index (χ1v) is 10.8. The molecule has 3 aliphatic carbocycles. The highest BCUT2D eigenvalue weighted by Crippen LogP contribution is 2.46. The maximum Gasteiger partial charge on any atom is 0.162 e. The van der Waals surface area contributed by atoms with Crippen LogP contribution in [0.2, 0.25) is 0 Å². The average Bonchev–Trinajstić information content (AvgIpc) is 3.19. The second-order valence-electron chi connectivity index (χ2n) is 8.75. The molecular weight excluding hydrogens is 314 g/mol. The van der Waals surface area contributed by atoms with Crippen LogP contribution in [0.4, 0.5) is 8.78 Å². The van der Waals surface area contributed by atoms with Crippen molar-refractivity contribution in [3.8, 4) is 0 Å². The Labute approximate surface area is 151 Å². The Hall–Kier alpha value is -0.920. The molecule has 0 nitrogen and oxygen atoms in total. The minimum atomic E-state index is -0.507. The maximum absolute atomic E-state index is 15.3. The fourth-order valence-electron chi connectivity index (χ4n) is 5.77. The van der Waals surface area contributed by atoms with Crippen molar-refractivity contribution < 1.29 is 8.78 Å². The number of rotatable bonds is 3. The summed E-state index contributed by atoms with van der Waals surface area (Å²) in [5.41, 5.74) is 2.69. The van der Waals surface area contributed by atoms with E-state index in [2.05, 4.69) is 6.07 Å². The topological polar surface area (TPSA) is 0 Å². The lowest BCUT2D eigenvalue weighted by Gasteiger charge is -2.31. The van der Waals surface area contributed by atoms with Crippen molar-refractivity contribution in [1.82, 2.24) is 0 Å². The Morgan fingerprint density at radius 3 is 1.52 bits per heavy atom. The van der Waals surface area contributed by atoms with Gasteiger partial charge in [-0.2, -0.15) is 0 Å². The van der Waals surface area contributed by atoms with Crippen molar-refractivity contribution in [2.75, 3.05) is 0 Å². The zero-order valence-corrected chi connectivity index (χ0v) is 15.5. The largest absolute Gasteiger partial charge is 0.203 e. The molecule has 0 aromatic heterocycles. The molecule has 0 aliphatic heterocycles. The molecule has 4 rings (SSSR count). The summed E-state index contributed by atoms with van der Waals surface area (Å²) < 4.78 is 30.4. The summed E-state index contributed by atoms with van der Waals surface area (Å²) in [6, 6.07) is 2.13. The molecule has 0 radical (unpaired) electrons. The second kappa shape index (κ2) is 7.76. The average molecular weight is 347 g/mol. The molecular formula is C23H32F2. The van der Waals surface area contributed by atoms with Gasteiger partial charge in [-0.05, 0) is 73.0 Å². The lowest BCUT2D eigenvalue weighted by Crippen LogP contribution is -2.17. The van der Waals surface area contributed by atoms with Gasteiger partial charge in [0.15, 0.2) is 11.6 Å². The van der Waals surface area contributed by atoms with Gasteiger partial charge in [-0.3, -0.25) is 0 Å². The normalized spacial score (nSPS) is 24.1. The van der Waals surface area contributed by atoms with Gasteiger partial charge < -0.3 is 0 Å². The molecule has 0 amide bonds. The van der Waals surface area contributed by atoms with E-state index in [1.807, 2.05) is 0 Å². The molecule has 0 unspecified atom stereocenters. The third-order valence-corrected chi connectivity index (χ3v) is 7.16. The highest BCUT2D eigenvalue weighted by Gasteiger charge is 2.32. The minimum Gasteiger partial charge on any atom is -0.203 e. The molecule has 138 valence electrons. The summed E-state index contributed by atoms with van der Waals surface area (Å²) >= 11 is 0. The first kappa shape index (κ1) is 17.5. The van der Waals surface area contributed by atoms with Gasteiger partial charge in [-0.25, -0.2) is 8.78 Å². The molecule has 0 bridgehead atoms. The molecule has 0 N–H and O–H groups in total. The van der Waals surface area contributed by atoms with Crippen LogP contribution in [-0.2, 0) is 0 Å². The molecule has 3 saturated carbocycles. The predicted octanol–water partition coefficient (Wildman–Crippen LogP) is 7.72. The molecule has 3 fully saturated rings. The van der Waals surface area contributed by atoms with Crippen LogP contribution in [0.25, 0.3) is 0 Å². The van der Waals surface area contributed by atoms with Crippen LogP contribution in [0.3, 0.4) is 0 Å². The zero-order chi connectivity index (χ0) is 17.2. The Bertz CT molecular complexity index is 589. The van der Waals surface area contributed by atoms with Crippen LogP contribution in [0.5, 0.6) is 0 Å². The SMILES string of the molecule is Fc1c(C2CCCC2)cc(C2CCCCC2)c(C2CCCCC2)c1F. The van der Waals surface area contributed by atoms with Crippen LogP contribution >= 0.6 is 0 Å². The van der Waals surface area contributed by atoms with E-state index in [1.54, 1.807) is 0 Å².